The van der Waals surface area contributed by atoms with Gasteiger partial charge in [0, 0.05) is 29.9 Å². The van der Waals surface area contributed by atoms with E-state index in [-0.39, 0.29) is 19.3 Å². The molecule has 3 amide bonds. The number of aromatic nitrogens is 1. The fourth-order valence-electron chi connectivity index (χ4n) is 4.17. The Labute approximate surface area is 230 Å². The number of aliphatic carboxylic acids is 2. The van der Waals surface area contributed by atoms with E-state index in [1.54, 1.807) is 36.5 Å². The van der Waals surface area contributed by atoms with Crippen LogP contribution in [0.2, 0.25) is 0 Å². The van der Waals surface area contributed by atoms with Crippen LogP contribution in [0.1, 0.15) is 30.9 Å². The summed E-state index contributed by atoms with van der Waals surface area (Å²) < 4.78 is 0. The number of carbonyl (C=O) groups is 5. The number of para-hydroxylation sites is 1. The lowest BCUT2D eigenvalue weighted by Gasteiger charge is -2.23. The molecule has 40 heavy (non-hydrogen) atoms. The van der Waals surface area contributed by atoms with Crippen molar-refractivity contribution in [2.24, 2.45) is 5.73 Å². The number of aromatic amines is 1. The minimum absolute atomic E-state index is 0.0116. The van der Waals surface area contributed by atoms with Gasteiger partial charge in [-0.1, -0.05) is 48.5 Å². The molecule has 8 N–H and O–H groups in total. The van der Waals surface area contributed by atoms with E-state index in [0.717, 1.165) is 16.5 Å². The molecule has 12 heteroatoms. The average molecular weight is 552 g/mol. The summed E-state index contributed by atoms with van der Waals surface area (Å²) in [5.74, 6) is -4.69. The fourth-order valence-corrected chi connectivity index (χ4v) is 4.17. The van der Waals surface area contributed by atoms with Crippen LogP contribution < -0.4 is 21.7 Å². The minimum Gasteiger partial charge on any atom is -0.481 e. The van der Waals surface area contributed by atoms with Gasteiger partial charge in [-0.25, -0.2) is 4.79 Å². The molecule has 3 rings (SSSR count). The van der Waals surface area contributed by atoms with Crippen molar-refractivity contribution in [2.45, 2.75) is 56.8 Å². The molecule has 212 valence electrons. The Morgan fingerprint density at radius 1 is 0.825 bits per heavy atom. The average Bonchev–Trinajstić information content (AvgIpc) is 3.33. The van der Waals surface area contributed by atoms with Crippen LogP contribution >= 0.6 is 0 Å². The summed E-state index contributed by atoms with van der Waals surface area (Å²) >= 11 is 0. The molecule has 0 radical (unpaired) electrons. The van der Waals surface area contributed by atoms with Gasteiger partial charge in [0.1, 0.15) is 18.1 Å². The van der Waals surface area contributed by atoms with Crippen molar-refractivity contribution in [3.8, 4) is 0 Å². The Bertz CT molecular complexity index is 1360. The molecule has 0 aliphatic rings. The zero-order valence-electron chi connectivity index (χ0n) is 21.9. The molecule has 0 aliphatic carbocycles. The Morgan fingerprint density at radius 3 is 2.15 bits per heavy atom. The van der Waals surface area contributed by atoms with Gasteiger partial charge in [-0.3, -0.25) is 19.2 Å². The first kappa shape index (κ1) is 29.8. The molecule has 0 bridgehead atoms. The van der Waals surface area contributed by atoms with Gasteiger partial charge in [-0.05, 0) is 37.0 Å². The second-order valence-corrected chi connectivity index (χ2v) is 9.48. The molecule has 1 heterocycles. The van der Waals surface area contributed by atoms with Crippen molar-refractivity contribution >= 4 is 40.6 Å². The maximum absolute atomic E-state index is 12.9. The van der Waals surface area contributed by atoms with E-state index in [4.69, 9.17) is 10.8 Å². The summed E-state index contributed by atoms with van der Waals surface area (Å²) in [7, 11) is 0. The monoisotopic (exact) mass is 551 g/mol. The summed E-state index contributed by atoms with van der Waals surface area (Å²) in [5.41, 5.74) is 8.49. The van der Waals surface area contributed by atoms with Crippen LogP contribution in [0, 0.1) is 0 Å². The molecular formula is C28H33N5O7. The number of amides is 3. The minimum atomic E-state index is -1.35. The molecule has 0 spiro atoms. The van der Waals surface area contributed by atoms with E-state index in [2.05, 4.69) is 20.9 Å². The van der Waals surface area contributed by atoms with Crippen LogP contribution in [0.3, 0.4) is 0 Å². The van der Waals surface area contributed by atoms with Gasteiger partial charge in [-0.15, -0.1) is 0 Å². The number of fused-ring (bicyclic) bond motifs is 1. The first-order valence-corrected chi connectivity index (χ1v) is 12.8. The number of carboxylic acids is 2. The number of nitrogens with two attached hydrogens (primary N) is 1. The predicted molar refractivity (Wildman–Crippen MR) is 146 cm³/mol. The van der Waals surface area contributed by atoms with Crippen LogP contribution in [0.5, 0.6) is 0 Å². The summed E-state index contributed by atoms with van der Waals surface area (Å²) in [6.45, 7) is 1.40. The highest BCUT2D eigenvalue weighted by Gasteiger charge is 2.29. The molecule has 1 aromatic heterocycles. The molecule has 2 aromatic carbocycles. The highest BCUT2D eigenvalue weighted by atomic mass is 16.4. The second kappa shape index (κ2) is 13.9. The smallest absolute Gasteiger partial charge is 0.326 e. The number of carbonyl (C=O) groups excluding carboxylic acids is 3. The van der Waals surface area contributed by atoms with E-state index >= 15 is 0 Å². The summed E-state index contributed by atoms with van der Waals surface area (Å²) in [4.78, 5) is 64.5. The molecule has 12 nitrogen and oxygen atoms in total. The van der Waals surface area contributed by atoms with Crippen LogP contribution in [-0.4, -0.2) is 69.0 Å². The summed E-state index contributed by atoms with van der Waals surface area (Å²) in [6, 6.07) is 11.5. The highest BCUT2D eigenvalue weighted by Crippen LogP contribution is 2.18. The predicted octanol–water partition coefficient (Wildman–Crippen LogP) is 0.704. The van der Waals surface area contributed by atoms with Gasteiger partial charge in [0.15, 0.2) is 0 Å². The largest absolute Gasteiger partial charge is 0.481 e. The van der Waals surface area contributed by atoms with Crippen molar-refractivity contribution in [1.82, 2.24) is 20.9 Å². The van der Waals surface area contributed by atoms with Crippen LogP contribution in [0.25, 0.3) is 10.9 Å². The lowest BCUT2D eigenvalue weighted by molar-refractivity contribution is -0.143. The van der Waals surface area contributed by atoms with Crippen LogP contribution in [0.4, 0.5) is 0 Å². The molecule has 0 saturated heterocycles. The molecule has 0 aliphatic heterocycles. The van der Waals surface area contributed by atoms with Crippen LogP contribution in [-0.2, 0) is 36.8 Å². The van der Waals surface area contributed by atoms with Crippen molar-refractivity contribution in [1.29, 1.82) is 0 Å². The third kappa shape index (κ3) is 8.40. The SMILES string of the molecule is CC(NC(=O)C(N)Cc1c[nH]c2ccccc12)C(=O)NC(CCC(=O)O)C(=O)NC(Cc1ccccc1)C(=O)O. The zero-order chi connectivity index (χ0) is 29.2. The number of rotatable bonds is 14. The van der Waals surface area contributed by atoms with E-state index in [1.165, 1.54) is 6.92 Å². The van der Waals surface area contributed by atoms with Gasteiger partial charge in [-0.2, -0.15) is 0 Å². The van der Waals surface area contributed by atoms with E-state index in [0.29, 0.717) is 5.56 Å². The van der Waals surface area contributed by atoms with Gasteiger partial charge in [0.2, 0.25) is 17.7 Å². The second-order valence-electron chi connectivity index (χ2n) is 9.48. The topological polar surface area (TPSA) is 204 Å². The normalized spacial score (nSPS) is 13.9. The van der Waals surface area contributed by atoms with Crippen molar-refractivity contribution < 1.29 is 34.2 Å². The number of carboxylic acid groups (broad SMARTS) is 2. The summed E-state index contributed by atoms with van der Waals surface area (Å²) in [5, 5.41) is 26.9. The number of nitrogens with one attached hydrogen (secondary N) is 4. The van der Waals surface area contributed by atoms with Crippen molar-refractivity contribution in [3.63, 3.8) is 0 Å². The fraction of sp³-hybridized carbons (Fsp3) is 0.321. The maximum Gasteiger partial charge on any atom is 0.326 e. The molecule has 0 saturated carbocycles. The Hall–Kier alpha value is -4.71. The number of hydrogen-bond donors (Lipinski definition) is 7. The highest BCUT2D eigenvalue weighted by molar-refractivity contribution is 5.94. The van der Waals surface area contributed by atoms with Crippen molar-refractivity contribution in [3.05, 3.63) is 71.9 Å². The quantitative estimate of drug-likeness (QED) is 0.152. The first-order valence-electron chi connectivity index (χ1n) is 12.8. The molecule has 4 unspecified atom stereocenters. The van der Waals surface area contributed by atoms with Crippen LogP contribution in [0.15, 0.2) is 60.8 Å². The number of benzene rings is 2. The molecular weight excluding hydrogens is 518 g/mol. The Balaban J connectivity index is 1.61. The third-order valence-electron chi connectivity index (χ3n) is 6.38. The third-order valence-corrected chi connectivity index (χ3v) is 6.38. The van der Waals surface area contributed by atoms with E-state index in [9.17, 15) is 29.1 Å². The van der Waals surface area contributed by atoms with Gasteiger partial charge in [0.25, 0.3) is 0 Å². The number of H-pyrrole nitrogens is 1. The van der Waals surface area contributed by atoms with E-state index in [1.807, 2.05) is 24.3 Å². The van der Waals surface area contributed by atoms with Crippen molar-refractivity contribution in [2.75, 3.05) is 0 Å². The molecule has 3 aromatic rings. The number of hydrogen-bond acceptors (Lipinski definition) is 6. The maximum atomic E-state index is 12.9. The summed E-state index contributed by atoms with van der Waals surface area (Å²) in [6.07, 6.45) is 1.23. The first-order chi connectivity index (χ1) is 19.0. The molecule has 0 fully saturated rings. The lowest BCUT2D eigenvalue weighted by Crippen LogP contribution is -2.56. The molecule has 4 atom stereocenters. The van der Waals surface area contributed by atoms with Gasteiger partial charge in [0.05, 0.1) is 6.04 Å². The Morgan fingerprint density at radius 2 is 1.48 bits per heavy atom. The van der Waals surface area contributed by atoms with Gasteiger partial charge >= 0.3 is 11.9 Å². The van der Waals surface area contributed by atoms with E-state index < -0.39 is 60.2 Å². The lowest BCUT2D eigenvalue weighted by atomic mass is 10.0. The van der Waals surface area contributed by atoms with Gasteiger partial charge < -0.3 is 36.9 Å². The zero-order valence-corrected chi connectivity index (χ0v) is 21.9. The standard InChI is InChI=1S/C28H33N5O7/c1-16(31-26(37)20(29)14-18-15-30-21-10-6-5-9-19(18)21)25(36)32-22(11-12-24(34)35)27(38)33-23(28(39)40)13-17-7-3-2-4-8-17/h2-10,15-16,20,22-23,30H,11-14,29H2,1H3,(H,31,37)(H,32,36)(H,33,38)(H,34,35)(H,39,40). The Kier molecular flexibility index (Phi) is 10.4.